The van der Waals surface area contributed by atoms with E-state index in [-0.39, 0.29) is 12.4 Å². The molecule has 0 spiro atoms. The molecule has 0 fully saturated rings. The van der Waals surface area contributed by atoms with E-state index in [0.717, 1.165) is 0 Å². The number of ketones is 1. The van der Waals surface area contributed by atoms with Crippen LogP contribution in [0.15, 0.2) is 40.9 Å². The van der Waals surface area contributed by atoms with Crippen LogP contribution in [-0.2, 0) is 4.74 Å². The first-order chi connectivity index (χ1) is 12.1. The van der Waals surface area contributed by atoms with Crippen LogP contribution in [0.3, 0.4) is 0 Å². The molecule has 2 aromatic rings. The van der Waals surface area contributed by atoms with Crippen LogP contribution in [-0.4, -0.2) is 38.7 Å². The highest BCUT2D eigenvalue weighted by Gasteiger charge is 2.17. The predicted molar refractivity (Wildman–Crippen MR) is 92.7 cm³/mol. The van der Waals surface area contributed by atoms with Gasteiger partial charge in [0.2, 0.25) is 0 Å². The van der Waals surface area contributed by atoms with Gasteiger partial charge in [-0.1, -0.05) is 0 Å². The van der Waals surface area contributed by atoms with Crippen molar-refractivity contribution in [2.24, 2.45) is 0 Å². The molecule has 1 heterocycles. The Morgan fingerprint density at radius 1 is 1.04 bits per heavy atom. The monoisotopic (exact) mass is 406 g/mol. The van der Waals surface area contributed by atoms with Gasteiger partial charge in [-0.15, -0.1) is 0 Å². The molecular formula is C18H15BrO6. The van der Waals surface area contributed by atoms with Crippen molar-refractivity contribution in [1.82, 2.24) is 0 Å². The molecule has 6 nitrogen and oxygen atoms in total. The fraction of sp³-hybridized carbons (Fsp3) is 0.222. The van der Waals surface area contributed by atoms with Crippen LogP contribution in [0.1, 0.15) is 20.7 Å². The van der Waals surface area contributed by atoms with Gasteiger partial charge >= 0.3 is 5.97 Å². The molecule has 0 atom stereocenters. The largest absolute Gasteiger partial charge is 0.496 e. The van der Waals surface area contributed by atoms with Crippen molar-refractivity contribution in [2.75, 3.05) is 26.9 Å². The van der Waals surface area contributed by atoms with E-state index in [1.807, 2.05) is 0 Å². The summed E-state index contributed by atoms with van der Waals surface area (Å²) in [4.78, 5) is 24.3. The van der Waals surface area contributed by atoms with Crippen molar-refractivity contribution in [3.63, 3.8) is 0 Å². The Morgan fingerprint density at radius 2 is 1.76 bits per heavy atom. The van der Waals surface area contributed by atoms with Gasteiger partial charge in [-0.2, -0.15) is 0 Å². The van der Waals surface area contributed by atoms with Crippen molar-refractivity contribution in [2.45, 2.75) is 0 Å². The van der Waals surface area contributed by atoms with Crippen molar-refractivity contribution in [3.8, 4) is 17.2 Å². The fourth-order valence-electron chi connectivity index (χ4n) is 2.31. The molecule has 0 bridgehead atoms. The molecule has 0 unspecified atom stereocenters. The molecule has 0 aliphatic carbocycles. The predicted octanol–water partition coefficient (Wildman–Crippen LogP) is 3.27. The van der Waals surface area contributed by atoms with Crippen LogP contribution in [0.2, 0.25) is 0 Å². The number of methoxy groups -OCH3 is 1. The van der Waals surface area contributed by atoms with E-state index in [4.69, 9.17) is 18.9 Å². The van der Waals surface area contributed by atoms with E-state index in [1.165, 1.54) is 7.11 Å². The summed E-state index contributed by atoms with van der Waals surface area (Å²) in [6, 6.07) is 9.67. The number of benzene rings is 2. The summed E-state index contributed by atoms with van der Waals surface area (Å²) in [5.41, 5.74) is 0.718. The smallest absolute Gasteiger partial charge is 0.338 e. The van der Waals surface area contributed by atoms with E-state index < -0.39 is 5.97 Å². The summed E-state index contributed by atoms with van der Waals surface area (Å²) in [5, 5.41) is 0. The highest BCUT2D eigenvalue weighted by molar-refractivity contribution is 9.10. The third-order valence-corrected chi connectivity index (χ3v) is 4.21. The van der Waals surface area contributed by atoms with Crippen LogP contribution in [0, 0.1) is 0 Å². The molecule has 0 amide bonds. The Kier molecular flexibility index (Phi) is 5.23. The van der Waals surface area contributed by atoms with Crippen molar-refractivity contribution < 1.29 is 28.5 Å². The summed E-state index contributed by atoms with van der Waals surface area (Å²) in [6.45, 7) is 0.559. The second kappa shape index (κ2) is 7.57. The zero-order chi connectivity index (χ0) is 17.8. The summed E-state index contributed by atoms with van der Waals surface area (Å²) >= 11 is 3.30. The SMILES string of the molecule is COc1ccc(C(=O)OCC(=O)c2ccc3c(c2)OCCO3)cc1Br. The lowest BCUT2D eigenvalue weighted by Crippen LogP contribution is -2.17. The van der Waals surface area contributed by atoms with Crippen molar-refractivity contribution in [3.05, 3.63) is 52.0 Å². The molecule has 0 radical (unpaired) electrons. The van der Waals surface area contributed by atoms with Crippen molar-refractivity contribution in [1.29, 1.82) is 0 Å². The summed E-state index contributed by atoms with van der Waals surface area (Å²) < 4.78 is 21.7. The molecule has 0 aromatic heterocycles. The van der Waals surface area contributed by atoms with E-state index in [0.29, 0.717) is 46.1 Å². The zero-order valence-corrected chi connectivity index (χ0v) is 15.0. The van der Waals surface area contributed by atoms with Gasteiger partial charge in [0.15, 0.2) is 23.9 Å². The normalized spacial score (nSPS) is 12.4. The lowest BCUT2D eigenvalue weighted by Gasteiger charge is -2.18. The lowest BCUT2D eigenvalue weighted by atomic mass is 10.1. The van der Waals surface area contributed by atoms with Crippen LogP contribution in [0.25, 0.3) is 0 Å². The third kappa shape index (κ3) is 3.93. The summed E-state index contributed by atoms with van der Waals surface area (Å²) in [7, 11) is 1.53. The highest BCUT2D eigenvalue weighted by atomic mass is 79.9. The minimum atomic E-state index is -0.589. The maximum absolute atomic E-state index is 12.2. The Hall–Kier alpha value is -2.54. The topological polar surface area (TPSA) is 71.1 Å². The average Bonchev–Trinajstić information content (AvgIpc) is 2.65. The van der Waals surface area contributed by atoms with Gasteiger partial charge in [-0.25, -0.2) is 4.79 Å². The maximum atomic E-state index is 12.2. The second-order valence-corrected chi connectivity index (χ2v) is 6.06. The number of fused-ring (bicyclic) bond motifs is 1. The first kappa shape index (κ1) is 17.3. The molecular weight excluding hydrogens is 392 g/mol. The maximum Gasteiger partial charge on any atom is 0.338 e. The number of esters is 1. The van der Waals surface area contributed by atoms with Gasteiger partial charge in [0.25, 0.3) is 0 Å². The number of ether oxygens (including phenoxy) is 4. The molecule has 2 aromatic carbocycles. The Morgan fingerprint density at radius 3 is 2.48 bits per heavy atom. The molecule has 130 valence electrons. The number of Topliss-reactive ketones (excluding diaryl/α,β-unsaturated/α-hetero) is 1. The van der Waals surface area contributed by atoms with E-state index in [2.05, 4.69) is 15.9 Å². The Labute approximate surface area is 152 Å². The third-order valence-electron chi connectivity index (χ3n) is 3.59. The quantitative estimate of drug-likeness (QED) is 0.560. The number of carbonyl (C=O) groups excluding carboxylic acids is 2. The molecule has 0 N–H and O–H groups in total. The van der Waals surface area contributed by atoms with Gasteiger partial charge in [0.1, 0.15) is 19.0 Å². The molecule has 0 saturated carbocycles. The molecule has 1 aliphatic rings. The van der Waals surface area contributed by atoms with Crippen LogP contribution >= 0.6 is 15.9 Å². The minimum absolute atomic E-state index is 0.321. The van der Waals surface area contributed by atoms with Gasteiger partial charge in [0.05, 0.1) is 17.1 Å². The Bertz CT molecular complexity index is 817. The van der Waals surface area contributed by atoms with Crippen LogP contribution < -0.4 is 14.2 Å². The standard InChI is InChI=1S/C18H15BrO6/c1-22-15-4-3-12(8-13(15)19)18(21)25-10-14(20)11-2-5-16-17(9-11)24-7-6-23-16/h2-5,8-9H,6-7,10H2,1H3. The minimum Gasteiger partial charge on any atom is -0.496 e. The number of hydrogen-bond acceptors (Lipinski definition) is 6. The van der Waals surface area contributed by atoms with E-state index in [9.17, 15) is 9.59 Å². The van der Waals surface area contributed by atoms with Crippen LogP contribution in [0.4, 0.5) is 0 Å². The molecule has 25 heavy (non-hydrogen) atoms. The van der Waals surface area contributed by atoms with Crippen molar-refractivity contribution >= 4 is 27.7 Å². The fourth-order valence-corrected chi connectivity index (χ4v) is 2.85. The molecule has 1 aliphatic heterocycles. The first-order valence-corrected chi connectivity index (χ1v) is 8.31. The number of carbonyl (C=O) groups is 2. The van der Waals surface area contributed by atoms with E-state index >= 15 is 0 Å². The first-order valence-electron chi connectivity index (χ1n) is 7.52. The lowest BCUT2D eigenvalue weighted by molar-refractivity contribution is 0.0474. The highest BCUT2D eigenvalue weighted by Crippen LogP contribution is 2.31. The summed E-state index contributed by atoms with van der Waals surface area (Å²) in [6.07, 6.45) is 0. The van der Waals surface area contributed by atoms with Gasteiger partial charge in [0, 0.05) is 5.56 Å². The number of hydrogen-bond donors (Lipinski definition) is 0. The zero-order valence-electron chi connectivity index (χ0n) is 13.4. The Balaban J connectivity index is 1.64. The second-order valence-electron chi connectivity index (χ2n) is 5.21. The summed E-state index contributed by atoms with van der Waals surface area (Å²) in [5.74, 6) is 0.807. The van der Waals surface area contributed by atoms with E-state index in [1.54, 1.807) is 36.4 Å². The average molecular weight is 407 g/mol. The van der Waals surface area contributed by atoms with Gasteiger partial charge < -0.3 is 18.9 Å². The molecule has 3 rings (SSSR count). The molecule has 0 saturated heterocycles. The number of halogens is 1. The van der Waals surface area contributed by atoms with Gasteiger partial charge in [-0.05, 0) is 52.3 Å². The van der Waals surface area contributed by atoms with Crippen LogP contribution in [0.5, 0.6) is 17.2 Å². The van der Waals surface area contributed by atoms with Gasteiger partial charge in [-0.3, -0.25) is 4.79 Å². The molecule has 7 heteroatoms. The number of rotatable bonds is 5.